The zero-order valence-corrected chi connectivity index (χ0v) is 14.3. The lowest BCUT2D eigenvalue weighted by Crippen LogP contribution is -2.45. The van der Waals surface area contributed by atoms with E-state index in [9.17, 15) is 4.79 Å². The van der Waals surface area contributed by atoms with Gasteiger partial charge in [-0.05, 0) is 51.6 Å². The van der Waals surface area contributed by atoms with Crippen molar-refractivity contribution in [3.63, 3.8) is 0 Å². The number of hydrogen-bond donors (Lipinski definition) is 1. The van der Waals surface area contributed by atoms with Crippen molar-refractivity contribution in [3.05, 3.63) is 0 Å². The molecule has 128 valence electrons. The lowest BCUT2D eigenvalue weighted by Gasteiger charge is -2.35. The number of nitrogens with zero attached hydrogens (tertiary/aromatic N) is 2. The summed E-state index contributed by atoms with van der Waals surface area (Å²) in [5.41, 5.74) is 5.62. The average molecular weight is 311 g/mol. The molecule has 2 aliphatic heterocycles. The van der Waals surface area contributed by atoms with Gasteiger partial charge in [-0.3, -0.25) is 4.79 Å². The highest BCUT2D eigenvalue weighted by atomic mass is 16.5. The van der Waals surface area contributed by atoms with Crippen molar-refractivity contribution in [2.24, 2.45) is 11.7 Å². The maximum absolute atomic E-state index is 12.5. The zero-order chi connectivity index (χ0) is 15.9. The second kappa shape index (κ2) is 8.85. The number of piperidine rings is 1. The maximum atomic E-state index is 12.5. The van der Waals surface area contributed by atoms with Gasteiger partial charge in [-0.1, -0.05) is 13.3 Å². The first-order valence-electron chi connectivity index (χ1n) is 8.96. The lowest BCUT2D eigenvalue weighted by molar-refractivity contribution is -0.144. The zero-order valence-electron chi connectivity index (χ0n) is 14.3. The van der Waals surface area contributed by atoms with Crippen molar-refractivity contribution in [1.29, 1.82) is 0 Å². The number of rotatable bonds is 7. The van der Waals surface area contributed by atoms with Crippen LogP contribution in [-0.4, -0.2) is 67.7 Å². The van der Waals surface area contributed by atoms with Gasteiger partial charge in [-0.2, -0.15) is 0 Å². The highest BCUT2D eigenvalue weighted by Crippen LogP contribution is 2.24. The fourth-order valence-electron chi connectivity index (χ4n) is 3.56. The Morgan fingerprint density at radius 1 is 1.27 bits per heavy atom. The van der Waals surface area contributed by atoms with Gasteiger partial charge in [0.15, 0.2) is 0 Å². The standard InChI is InChI=1S/C17H33N3O2/c1-3-4-9-19(2)13-14-7-10-20(11-8-14)17(21)16-6-5-15(12-18)22-16/h14-16H,3-13,18H2,1-2H3/t15-,16+/m1/s1. The maximum Gasteiger partial charge on any atom is 0.251 e. The normalized spacial score (nSPS) is 26.8. The molecule has 2 fully saturated rings. The number of likely N-dealkylation sites (tertiary alicyclic amines) is 1. The van der Waals surface area contributed by atoms with E-state index in [1.54, 1.807) is 0 Å². The second-order valence-electron chi connectivity index (χ2n) is 6.94. The van der Waals surface area contributed by atoms with Crippen LogP contribution in [0.1, 0.15) is 45.4 Å². The summed E-state index contributed by atoms with van der Waals surface area (Å²) in [4.78, 5) is 16.9. The first-order valence-corrected chi connectivity index (χ1v) is 8.96. The van der Waals surface area contributed by atoms with E-state index in [2.05, 4.69) is 18.9 Å². The molecule has 0 aromatic carbocycles. The van der Waals surface area contributed by atoms with Crippen LogP contribution in [-0.2, 0) is 9.53 Å². The van der Waals surface area contributed by atoms with Crippen LogP contribution in [0.5, 0.6) is 0 Å². The van der Waals surface area contributed by atoms with E-state index in [0.717, 1.165) is 51.2 Å². The van der Waals surface area contributed by atoms with Crippen LogP contribution in [0.4, 0.5) is 0 Å². The van der Waals surface area contributed by atoms with Crippen LogP contribution in [0.25, 0.3) is 0 Å². The molecule has 5 nitrogen and oxygen atoms in total. The molecule has 1 amide bonds. The van der Waals surface area contributed by atoms with E-state index in [0.29, 0.717) is 6.54 Å². The third kappa shape index (κ3) is 4.93. The monoisotopic (exact) mass is 311 g/mol. The van der Waals surface area contributed by atoms with E-state index < -0.39 is 0 Å². The quantitative estimate of drug-likeness (QED) is 0.773. The van der Waals surface area contributed by atoms with Crippen LogP contribution in [0.2, 0.25) is 0 Å². The Labute approximate surface area is 135 Å². The Balaban J connectivity index is 1.69. The molecule has 2 N–H and O–H groups in total. The Kier molecular flexibility index (Phi) is 7.12. The Hall–Kier alpha value is -0.650. The second-order valence-corrected chi connectivity index (χ2v) is 6.94. The number of amides is 1. The highest BCUT2D eigenvalue weighted by Gasteiger charge is 2.34. The molecule has 0 aromatic rings. The SMILES string of the molecule is CCCCN(C)CC1CCN(C(=O)[C@@H]2CC[C@H](CN)O2)CC1. The topological polar surface area (TPSA) is 58.8 Å². The van der Waals surface area contributed by atoms with E-state index in [1.807, 2.05) is 4.90 Å². The molecule has 2 aliphatic rings. The molecule has 5 heteroatoms. The summed E-state index contributed by atoms with van der Waals surface area (Å²) < 4.78 is 5.74. The molecule has 0 aromatic heterocycles. The van der Waals surface area contributed by atoms with Gasteiger partial charge < -0.3 is 20.3 Å². The molecule has 0 bridgehead atoms. The summed E-state index contributed by atoms with van der Waals surface area (Å²) in [5, 5.41) is 0. The molecular weight excluding hydrogens is 278 g/mol. The smallest absolute Gasteiger partial charge is 0.251 e. The van der Waals surface area contributed by atoms with Gasteiger partial charge in [0.05, 0.1) is 6.10 Å². The van der Waals surface area contributed by atoms with E-state index in [1.165, 1.54) is 19.4 Å². The van der Waals surface area contributed by atoms with Crippen LogP contribution in [0.3, 0.4) is 0 Å². The van der Waals surface area contributed by atoms with E-state index >= 15 is 0 Å². The molecule has 2 atom stereocenters. The summed E-state index contributed by atoms with van der Waals surface area (Å²) in [6, 6.07) is 0. The Morgan fingerprint density at radius 3 is 2.59 bits per heavy atom. The van der Waals surface area contributed by atoms with Gasteiger partial charge in [0.25, 0.3) is 5.91 Å². The summed E-state index contributed by atoms with van der Waals surface area (Å²) in [5.74, 6) is 0.918. The van der Waals surface area contributed by atoms with Crippen molar-refractivity contribution in [3.8, 4) is 0 Å². The van der Waals surface area contributed by atoms with Crippen LogP contribution in [0, 0.1) is 5.92 Å². The summed E-state index contributed by atoms with van der Waals surface area (Å²) >= 11 is 0. The minimum Gasteiger partial charge on any atom is -0.364 e. The van der Waals surface area contributed by atoms with E-state index in [4.69, 9.17) is 10.5 Å². The molecule has 0 saturated carbocycles. The molecule has 0 unspecified atom stereocenters. The van der Waals surface area contributed by atoms with Crippen molar-refractivity contribution >= 4 is 5.91 Å². The van der Waals surface area contributed by atoms with Crippen molar-refractivity contribution < 1.29 is 9.53 Å². The van der Waals surface area contributed by atoms with Gasteiger partial charge in [0.2, 0.25) is 0 Å². The number of nitrogens with two attached hydrogens (primary N) is 1. The number of carbonyl (C=O) groups is 1. The molecular formula is C17H33N3O2. The first-order chi connectivity index (χ1) is 10.6. The van der Waals surface area contributed by atoms with Crippen molar-refractivity contribution in [2.75, 3.05) is 39.8 Å². The van der Waals surface area contributed by atoms with Gasteiger partial charge in [-0.15, -0.1) is 0 Å². The molecule has 22 heavy (non-hydrogen) atoms. The third-order valence-corrected chi connectivity index (χ3v) is 5.04. The highest BCUT2D eigenvalue weighted by molar-refractivity contribution is 5.81. The van der Waals surface area contributed by atoms with Gasteiger partial charge in [0.1, 0.15) is 6.10 Å². The largest absolute Gasteiger partial charge is 0.364 e. The molecule has 0 spiro atoms. The minimum absolute atomic E-state index is 0.0821. The van der Waals surface area contributed by atoms with Crippen LogP contribution < -0.4 is 5.73 Å². The summed E-state index contributed by atoms with van der Waals surface area (Å²) in [7, 11) is 2.21. The van der Waals surface area contributed by atoms with Gasteiger partial charge in [-0.25, -0.2) is 0 Å². The number of ether oxygens (including phenoxy) is 1. The fourth-order valence-corrected chi connectivity index (χ4v) is 3.56. The number of carbonyl (C=O) groups excluding carboxylic acids is 1. The minimum atomic E-state index is -0.239. The van der Waals surface area contributed by atoms with Crippen molar-refractivity contribution in [2.45, 2.75) is 57.7 Å². The molecule has 0 aliphatic carbocycles. The summed E-state index contributed by atoms with van der Waals surface area (Å²) in [6.07, 6.45) is 6.37. The molecule has 2 rings (SSSR count). The molecule has 0 radical (unpaired) electrons. The number of hydrogen-bond acceptors (Lipinski definition) is 4. The molecule has 2 heterocycles. The van der Waals surface area contributed by atoms with Crippen LogP contribution in [0.15, 0.2) is 0 Å². The molecule has 2 saturated heterocycles. The van der Waals surface area contributed by atoms with E-state index in [-0.39, 0.29) is 18.1 Å². The first kappa shape index (κ1) is 17.7. The van der Waals surface area contributed by atoms with Crippen molar-refractivity contribution in [1.82, 2.24) is 9.80 Å². The summed E-state index contributed by atoms with van der Waals surface area (Å²) in [6.45, 7) is 6.88. The fraction of sp³-hybridized carbons (Fsp3) is 0.941. The predicted molar refractivity (Wildman–Crippen MR) is 88.7 cm³/mol. The Morgan fingerprint density at radius 2 is 2.00 bits per heavy atom. The average Bonchev–Trinajstić information content (AvgIpc) is 3.02. The Bertz CT molecular complexity index is 343. The number of unbranched alkanes of at least 4 members (excludes halogenated alkanes) is 1. The van der Waals surface area contributed by atoms with Crippen LogP contribution >= 0.6 is 0 Å². The van der Waals surface area contributed by atoms with Gasteiger partial charge in [0, 0.05) is 26.2 Å². The predicted octanol–water partition coefficient (Wildman–Crippen LogP) is 1.46. The lowest BCUT2D eigenvalue weighted by atomic mass is 9.95. The van der Waals surface area contributed by atoms with Gasteiger partial charge >= 0.3 is 0 Å². The third-order valence-electron chi connectivity index (χ3n) is 5.04.